The molecule has 0 aromatic heterocycles. The fourth-order valence-corrected chi connectivity index (χ4v) is 2.27. The monoisotopic (exact) mass is 242 g/mol. The summed E-state index contributed by atoms with van der Waals surface area (Å²) in [5, 5.41) is 0. The maximum Gasteiger partial charge on any atom is 0.222 e. The van der Waals surface area contributed by atoms with Crippen LogP contribution in [0.3, 0.4) is 0 Å². The van der Waals surface area contributed by atoms with Crippen molar-refractivity contribution < 1.29 is 9.53 Å². The van der Waals surface area contributed by atoms with Gasteiger partial charge >= 0.3 is 0 Å². The van der Waals surface area contributed by atoms with Crippen LogP contribution in [0.25, 0.3) is 0 Å². The van der Waals surface area contributed by atoms with Gasteiger partial charge in [0.25, 0.3) is 0 Å². The van der Waals surface area contributed by atoms with Crippen molar-refractivity contribution in [3.05, 3.63) is 0 Å². The molecule has 4 heteroatoms. The van der Waals surface area contributed by atoms with Crippen molar-refractivity contribution in [2.24, 2.45) is 17.1 Å². The van der Waals surface area contributed by atoms with E-state index < -0.39 is 0 Å². The van der Waals surface area contributed by atoms with Crippen molar-refractivity contribution in [3.8, 4) is 0 Å². The minimum Gasteiger partial charge on any atom is -0.384 e. The highest BCUT2D eigenvalue weighted by molar-refractivity contribution is 5.76. The van der Waals surface area contributed by atoms with Gasteiger partial charge in [-0.15, -0.1) is 0 Å². The van der Waals surface area contributed by atoms with Gasteiger partial charge in [-0.25, -0.2) is 0 Å². The van der Waals surface area contributed by atoms with Crippen LogP contribution < -0.4 is 5.73 Å². The first-order chi connectivity index (χ1) is 8.00. The largest absolute Gasteiger partial charge is 0.384 e. The Morgan fingerprint density at radius 1 is 1.47 bits per heavy atom. The standard InChI is InChI=1S/C13H26N2O2/c1-11(9-17-3)8-12(16)15-6-4-13(2,10-14)5-7-15/h11H,4-10,14H2,1-3H3. The van der Waals surface area contributed by atoms with Gasteiger partial charge in [-0.3, -0.25) is 4.79 Å². The van der Waals surface area contributed by atoms with E-state index in [1.807, 2.05) is 4.90 Å². The van der Waals surface area contributed by atoms with E-state index in [2.05, 4.69) is 13.8 Å². The molecule has 100 valence electrons. The predicted molar refractivity (Wildman–Crippen MR) is 68.6 cm³/mol. The van der Waals surface area contributed by atoms with Gasteiger partial charge in [0.05, 0.1) is 0 Å². The highest BCUT2D eigenvalue weighted by Gasteiger charge is 2.30. The number of ether oxygens (including phenoxy) is 1. The van der Waals surface area contributed by atoms with Crippen LogP contribution in [-0.4, -0.2) is 44.2 Å². The molecule has 0 aliphatic carbocycles. The molecule has 0 aromatic carbocycles. The lowest BCUT2D eigenvalue weighted by Crippen LogP contribution is -2.45. The van der Waals surface area contributed by atoms with Gasteiger partial charge in [0.2, 0.25) is 5.91 Å². The number of hydrogen-bond acceptors (Lipinski definition) is 3. The molecular formula is C13H26N2O2. The second-order valence-corrected chi connectivity index (χ2v) is 5.66. The number of nitrogens with two attached hydrogens (primary N) is 1. The average Bonchev–Trinajstić information content (AvgIpc) is 2.30. The van der Waals surface area contributed by atoms with E-state index in [9.17, 15) is 4.79 Å². The highest BCUT2D eigenvalue weighted by atomic mass is 16.5. The summed E-state index contributed by atoms with van der Waals surface area (Å²) in [7, 11) is 1.68. The molecule has 0 spiro atoms. The van der Waals surface area contributed by atoms with E-state index in [1.165, 1.54) is 0 Å². The van der Waals surface area contributed by atoms with Crippen LogP contribution in [0.4, 0.5) is 0 Å². The Kier molecular flexibility index (Phi) is 5.40. The zero-order valence-electron chi connectivity index (χ0n) is 11.4. The van der Waals surface area contributed by atoms with Crippen LogP contribution in [-0.2, 0) is 9.53 Å². The summed E-state index contributed by atoms with van der Waals surface area (Å²) in [5.41, 5.74) is 5.99. The van der Waals surface area contributed by atoms with Gasteiger partial charge < -0.3 is 15.4 Å². The summed E-state index contributed by atoms with van der Waals surface area (Å²) < 4.78 is 5.06. The number of hydrogen-bond donors (Lipinski definition) is 1. The van der Waals surface area contributed by atoms with Crippen molar-refractivity contribution in [2.45, 2.75) is 33.1 Å². The van der Waals surface area contributed by atoms with Crippen LogP contribution in [0, 0.1) is 11.3 Å². The van der Waals surface area contributed by atoms with Crippen LogP contribution in [0.1, 0.15) is 33.1 Å². The van der Waals surface area contributed by atoms with Crippen molar-refractivity contribution in [2.75, 3.05) is 33.4 Å². The summed E-state index contributed by atoms with van der Waals surface area (Å²) in [5.74, 6) is 0.559. The molecule has 2 N–H and O–H groups in total. The lowest BCUT2D eigenvalue weighted by Gasteiger charge is -2.39. The van der Waals surface area contributed by atoms with Gasteiger partial charge in [0.15, 0.2) is 0 Å². The highest BCUT2D eigenvalue weighted by Crippen LogP contribution is 2.29. The molecule has 1 aliphatic rings. The maximum atomic E-state index is 12.0. The summed E-state index contributed by atoms with van der Waals surface area (Å²) in [6.07, 6.45) is 2.63. The second-order valence-electron chi connectivity index (χ2n) is 5.66. The smallest absolute Gasteiger partial charge is 0.222 e. The summed E-state index contributed by atoms with van der Waals surface area (Å²) in [6.45, 7) is 7.34. The number of likely N-dealkylation sites (tertiary alicyclic amines) is 1. The molecule has 17 heavy (non-hydrogen) atoms. The first-order valence-electron chi connectivity index (χ1n) is 6.47. The van der Waals surface area contributed by atoms with Crippen molar-refractivity contribution >= 4 is 5.91 Å². The Balaban J connectivity index is 2.36. The van der Waals surface area contributed by atoms with Crippen molar-refractivity contribution in [3.63, 3.8) is 0 Å². The van der Waals surface area contributed by atoms with Crippen LogP contribution in [0.15, 0.2) is 0 Å². The number of nitrogens with zero attached hydrogens (tertiary/aromatic N) is 1. The summed E-state index contributed by atoms with van der Waals surface area (Å²) in [4.78, 5) is 14.0. The zero-order chi connectivity index (χ0) is 12.9. The number of carbonyl (C=O) groups excluding carboxylic acids is 1. The van der Waals surface area contributed by atoms with Gasteiger partial charge in [-0.05, 0) is 30.7 Å². The minimum atomic E-state index is 0.231. The number of amides is 1. The molecule has 0 saturated carbocycles. The van der Waals surface area contributed by atoms with E-state index >= 15 is 0 Å². The minimum absolute atomic E-state index is 0.231. The third kappa shape index (κ3) is 4.28. The molecule has 1 atom stereocenters. The van der Waals surface area contributed by atoms with E-state index in [0.717, 1.165) is 32.5 Å². The Bertz CT molecular complexity index is 248. The number of carbonyl (C=O) groups is 1. The van der Waals surface area contributed by atoms with E-state index in [0.29, 0.717) is 18.9 Å². The van der Waals surface area contributed by atoms with Crippen molar-refractivity contribution in [1.29, 1.82) is 0 Å². The molecule has 0 aromatic rings. The van der Waals surface area contributed by atoms with E-state index in [4.69, 9.17) is 10.5 Å². The van der Waals surface area contributed by atoms with E-state index in [1.54, 1.807) is 7.11 Å². The maximum absolute atomic E-state index is 12.0. The SMILES string of the molecule is COCC(C)CC(=O)N1CCC(C)(CN)CC1. The summed E-state index contributed by atoms with van der Waals surface area (Å²) >= 11 is 0. The lowest BCUT2D eigenvalue weighted by molar-refractivity contribution is -0.134. The van der Waals surface area contributed by atoms with Gasteiger partial charge in [0.1, 0.15) is 0 Å². The Morgan fingerprint density at radius 3 is 2.53 bits per heavy atom. The van der Waals surface area contributed by atoms with Gasteiger partial charge in [0, 0.05) is 33.2 Å². The van der Waals surface area contributed by atoms with Gasteiger partial charge in [-0.2, -0.15) is 0 Å². The second kappa shape index (κ2) is 6.36. The normalized spacial score (nSPS) is 21.3. The molecule has 0 bridgehead atoms. The molecule has 1 saturated heterocycles. The molecule has 4 nitrogen and oxygen atoms in total. The molecule has 0 radical (unpaired) electrons. The molecule has 1 rings (SSSR count). The summed E-state index contributed by atoms with van der Waals surface area (Å²) in [6, 6.07) is 0. The molecule has 1 heterocycles. The fourth-order valence-electron chi connectivity index (χ4n) is 2.27. The number of rotatable bonds is 5. The average molecular weight is 242 g/mol. The van der Waals surface area contributed by atoms with Gasteiger partial charge in [-0.1, -0.05) is 13.8 Å². The third-order valence-corrected chi connectivity index (χ3v) is 3.79. The first kappa shape index (κ1) is 14.5. The Hall–Kier alpha value is -0.610. The number of methoxy groups -OCH3 is 1. The Labute approximate surface area is 104 Å². The van der Waals surface area contributed by atoms with Crippen LogP contribution in [0.5, 0.6) is 0 Å². The van der Waals surface area contributed by atoms with E-state index in [-0.39, 0.29) is 11.3 Å². The molecule has 1 unspecified atom stereocenters. The third-order valence-electron chi connectivity index (χ3n) is 3.79. The topological polar surface area (TPSA) is 55.6 Å². The van der Waals surface area contributed by atoms with Crippen LogP contribution >= 0.6 is 0 Å². The fraction of sp³-hybridized carbons (Fsp3) is 0.923. The lowest BCUT2D eigenvalue weighted by atomic mass is 9.80. The molecule has 1 aliphatic heterocycles. The quantitative estimate of drug-likeness (QED) is 0.789. The number of piperidine rings is 1. The predicted octanol–water partition coefficient (Wildman–Crippen LogP) is 1.25. The van der Waals surface area contributed by atoms with Crippen molar-refractivity contribution in [1.82, 2.24) is 4.90 Å². The zero-order valence-corrected chi connectivity index (χ0v) is 11.4. The Morgan fingerprint density at radius 2 is 2.06 bits per heavy atom. The first-order valence-corrected chi connectivity index (χ1v) is 6.47. The molecular weight excluding hydrogens is 216 g/mol. The van der Waals surface area contributed by atoms with Crippen LogP contribution in [0.2, 0.25) is 0 Å². The molecule has 1 fully saturated rings. The molecule has 1 amide bonds.